The summed E-state index contributed by atoms with van der Waals surface area (Å²) in [5.41, 5.74) is -0.0598. The van der Waals surface area contributed by atoms with Crippen molar-refractivity contribution in [2.75, 3.05) is 0 Å². The van der Waals surface area contributed by atoms with E-state index in [0.717, 1.165) is 12.1 Å². The van der Waals surface area contributed by atoms with Crippen molar-refractivity contribution in [3.63, 3.8) is 0 Å². The highest BCUT2D eigenvalue weighted by molar-refractivity contribution is 9.09. The molecule has 1 aromatic carbocycles. The Morgan fingerprint density at radius 3 is 2.64 bits per heavy atom. The van der Waals surface area contributed by atoms with E-state index in [2.05, 4.69) is 15.9 Å². The predicted octanol–water partition coefficient (Wildman–Crippen LogP) is 3.84. The van der Waals surface area contributed by atoms with Crippen LogP contribution in [0.1, 0.15) is 17.3 Å². The molecule has 0 bridgehead atoms. The average molecular weight is 282 g/mol. The molecule has 0 saturated heterocycles. The first-order chi connectivity index (χ1) is 6.43. The topological polar surface area (TPSA) is 43.1 Å². The van der Waals surface area contributed by atoms with E-state index in [0.29, 0.717) is 0 Å². The number of nitrogens with zero attached hydrogens (tertiary/aromatic N) is 1. The molecule has 1 atom stereocenters. The van der Waals surface area contributed by atoms with Gasteiger partial charge in [0, 0.05) is 16.5 Å². The third kappa shape index (κ3) is 2.22. The Balaban J connectivity index is 3.34. The van der Waals surface area contributed by atoms with Gasteiger partial charge in [0.15, 0.2) is 0 Å². The quantitative estimate of drug-likeness (QED) is 0.470. The fraction of sp³-hybridized carbons (Fsp3) is 0.250. The van der Waals surface area contributed by atoms with E-state index >= 15 is 0 Å². The first-order valence-corrected chi connectivity index (χ1v) is 5.00. The van der Waals surface area contributed by atoms with Gasteiger partial charge in [-0.25, -0.2) is 4.39 Å². The maximum absolute atomic E-state index is 13.2. The van der Waals surface area contributed by atoms with Gasteiger partial charge in [0.1, 0.15) is 10.8 Å². The molecule has 0 radical (unpaired) electrons. The summed E-state index contributed by atoms with van der Waals surface area (Å²) in [5, 5.41) is 10.3. The third-order valence-electron chi connectivity index (χ3n) is 1.69. The van der Waals surface area contributed by atoms with E-state index in [1.54, 1.807) is 6.92 Å². The molecule has 0 spiro atoms. The minimum atomic E-state index is -0.638. The summed E-state index contributed by atoms with van der Waals surface area (Å²) in [7, 11) is 0. The summed E-state index contributed by atoms with van der Waals surface area (Å²) in [6.45, 7) is 1.68. The molecule has 0 amide bonds. The van der Waals surface area contributed by atoms with E-state index in [4.69, 9.17) is 11.6 Å². The van der Waals surface area contributed by atoms with Crippen molar-refractivity contribution >= 4 is 33.2 Å². The average Bonchev–Trinajstić information content (AvgIpc) is 2.02. The largest absolute Gasteiger partial charge is 0.288 e. The van der Waals surface area contributed by atoms with Gasteiger partial charge in [-0.15, -0.1) is 0 Å². The number of benzene rings is 1. The Morgan fingerprint density at radius 2 is 2.21 bits per heavy atom. The smallest absolute Gasteiger partial charge is 0.258 e. The molecule has 0 N–H and O–H groups in total. The molecule has 3 nitrogen and oxygen atoms in total. The van der Waals surface area contributed by atoms with Crippen LogP contribution < -0.4 is 0 Å². The lowest BCUT2D eigenvalue weighted by molar-refractivity contribution is -0.384. The van der Waals surface area contributed by atoms with E-state index < -0.39 is 10.7 Å². The van der Waals surface area contributed by atoms with Crippen LogP contribution in [-0.2, 0) is 0 Å². The van der Waals surface area contributed by atoms with Crippen molar-refractivity contribution < 1.29 is 9.31 Å². The number of alkyl halides is 1. The first kappa shape index (κ1) is 11.4. The number of rotatable bonds is 2. The van der Waals surface area contributed by atoms with Gasteiger partial charge in [-0.1, -0.05) is 27.5 Å². The van der Waals surface area contributed by atoms with Crippen LogP contribution in [-0.4, -0.2) is 4.92 Å². The Labute approximate surface area is 93.2 Å². The van der Waals surface area contributed by atoms with Crippen molar-refractivity contribution in [2.24, 2.45) is 0 Å². The molecule has 1 rings (SSSR count). The molecule has 6 heteroatoms. The molecule has 76 valence electrons. The number of nitro benzene ring substituents is 1. The van der Waals surface area contributed by atoms with Gasteiger partial charge >= 0.3 is 0 Å². The van der Waals surface area contributed by atoms with Gasteiger partial charge < -0.3 is 0 Å². The lowest BCUT2D eigenvalue weighted by atomic mass is 10.1. The second-order valence-electron chi connectivity index (χ2n) is 2.70. The lowest BCUT2D eigenvalue weighted by Gasteiger charge is -2.05. The maximum Gasteiger partial charge on any atom is 0.288 e. The van der Waals surface area contributed by atoms with Crippen molar-refractivity contribution in [2.45, 2.75) is 11.8 Å². The molecular formula is C8H6BrClFNO2. The van der Waals surface area contributed by atoms with Crippen LogP contribution in [0, 0.1) is 15.9 Å². The fourth-order valence-electron chi connectivity index (χ4n) is 0.998. The van der Waals surface area contributed by atoms with Gasteiger partial charge in [-0.2, -0.15) is 0 Å². The van der Waals surface area contributed by atoms with Crippen molar-refractivity contribution in [1.29, 1.82) is 0 Å². The molecule has 0 fully saturated rings. The molecule has 0 saturated carbocycles. The van der Waals surface area contributed by atoms with Crippen molar-refractivity contribution in [3.05, 3.63) is 38.7 Å². The lowest BCUT2D eigenvalue weighted by Crippen LogP contribution is -1.96. The van der Waals surface area contributed by atoms with Gasteiger partial charge in [-0.05, 0) is 13.0 Å². The predicted molar refractivity (Wildman–Crippen MR) is 55.4 cm³/mol. The second kappa shape index (κ2) is 4.23. The second-order valence-corrected chi connectivity index (χ2v) is 4.48. The molecule has 0 aromatic heterocycles. The highest BCUT2D eigenvalue weighted by Gasteiger charge is 2.18. The van der Waals surface area contributed by atoms with E-state index in [1.165, 1.54) is 0 Å². The van der Waals surface area contributed by atoms with Gasteiger partial charge in [0.2, 0.25) is 0 Å². The van der Waals surface area contributed by atoms with E-state index in [9.17, 15) is 14.5 Å². The van der Waals surface area contributed by atoms with Crippen molar-refractivity contribution in [1.82, 2.24) is 0 Å². The molecule has 0 heterocycles. The molecular weight excluding hydrogens is 276 g/mol. The van der Waals surface area contributed by atoms with Crippen LogP contribution in [0.15, 0.2) is 12.1 Å². The van der Waals surface area contributed by atoms with Crippen LogP contribution in [0.25, 0.3) is 0 Å². The maximum atomic E-state index is 13.2. The zero-order chi connectivity index (χ0) is 10.9. The van der Waals surface area contributed by atoms with Crippen LogP contribution in [0.3, 0.4) is 0 Å². The van der Waals surface area contributed by atoms with Gasteiger partial charge in [0.25, 0.3) is 5.69 Å². The Bertz CT molecular complexity index is 384. The minimum absolute atomic E-state index is 0.190. The Morgan fingerprint density at radius 1 is 1.64 bits per heavy atom. The van der Waals surface area contributed by atoms with Crippen LogP contribution in [0.4, 0.5) is 10.1 Å². The summed E-state index contributed by atoms with van der Waals surface area (Å²) >= 11 is 8.64. The SMILES string of the molecule is CC(Br)c1cc([N+](=O)[O-])c(Cl)cc1F. The van der Waals surface area contributed by atoms with Gasteiger partial charge in [-0.3, -0.25) is 10.1 Å². The van der Waals surface area contributed by atoms with E-state index in [1.807, 2.05) is 0 Å². The van der Waals surface area contributed by atoms with Crippen LogP contribution in [0.2, 0.25) is 5.02 Å². The van der Waals surface area contributed by atoms with Crippen LogP contribution in [0.5, 0.6) is 0 Å². The molecule has 1 unspecified atom stereocenters. The Hall–Kier alpha value is -0.680. The Kier molecular flexibility index (Phi) is 3.44. The summed E-state index contributed by atoms with van der Waals surface area (Å²) < 4.78 is 13.2. The molecule has 0 aliphatic rings. The van der Waals surface area contributed by atoms with E-state index in [-0.39, 0.29) is 21.1 Å². The number of halogens is 3. The number of hydrogen-bond donors (Lipinski definition) is 0. The summed E-state index contributed by atoms with van der Waals surface area (Å²) in [5.74, 6) is -0.551. The summed E-state index contributed by atoms with van der Waals surface area (Å²) in [6, 6.07) is 2.09. The normalized spacial score (nSPS) is 12.6. The zero-order valence-corrected chi connectivity index (χ0v) is 9.47. The molecule has 14 heavy (non-hydrogen) atoms. The standard InChI is InChI=1S/C8H6BrClFNO2/c1-4(9)5-2-8(12(13)14)6(10)3-7(5)11/h2-4H,1H3. The third-order valence-corrected chi connectivity index (χ3v) is 2.49. The minimum Gasteiger partial charge on any atom is -0.258 e. The fourth-order valence-corrected chi connectivity index (χ4v) is 1.57. The molecule has 0 aliphatic carbocycles. The van der Waals surface area contributed by atoms with Crippen molar-refractivity contribution in [3.8, 4) is 0 Å². The molecule has 1 aromatic rings. The summed E-state index contributed by atoms with van der Waals surface area (Å²) in [4.78, 5) is 9.56. The highest BCUT2D eigenvalue weighted by Crippen LogP contribution is 2.32. The molecule has 0 aliphatic heterocycles. The van der Waals surface area contributed by atoms with Gasteiger partial charge in [0.05, 0.1) is 4.92 Å². The monoisotopic (exact) mass is 281 g/mol. The zero-order valence-electron chi connectivity index (χ0n) is 7.13. The number of nitro groups is 1. The first-order valence-electron chi connectivity index (χ1n) is 3.71. The van der Waals surface area contributed by atoms with Crippen LogP contribution >= 0.6 is 27.5 Å². The highest BCUT2D eigenvalue weighted by atomic mass is 79.9. The summed E-state index contributed by atoms with van der Waals surface area (Å²) in [6.07, 6.45) is 0. The number of hydrogen-bond acceptors (Lipinski definition) is 2.